The fourth-order valence-electron chi connectivity index (χ4n) is 5.38. The molecule has 0 spiro atoms. The molecule has 5 heteroatoms. The van der Waals surface area contributed by atoms with Crippen molar-refractivity contribution in [3.63, 3.8) is 0 Å². The molecule has 2 aromatic rings. The molecule has 2 aliphatic rings. The van der Waals surface area contributed by atoms with Gasteiger partial charge < -0.3 is 19.8 Å². The van der Waals surface area contributed by atoms with Crippen LogP contribution >= 0.6 is 0 Å². The molecule has 2 heterocycles. The van der Waals surface area contributed by atoms with E-state index in [1.165, 1.54) is 5.56 Å². The summed E-state index contributed by atoms with van der Waals surface area (Å²) in [6.07, 6.45) is 6.61. The van der Waals surface area contributed by atoms with Crippen LogP contribution in [0.2, 0.25) is 0 Å². The van der Waals surface area contributed by atoms with Crippen molar-refractivity contribution < 1.29 is 14.9 Å². The highest BCUT2D eigenvalue weighted by Gasteiger charge is 2.55. The number of ether oxygens (including phenoxy) is 1. The highest BCUT2D eigenvalue weighted by Crippen LogP contribution is 2.50. The van der Waals surface area contributed by atoms with E-state index in [0.717, 1.165) is 49.9 Å². The highest BCUT2D eigenvalue weighted by atomic mass is 16.5. The van der Waals surface area contributed by atoms with Crippen LogP contribution in [0.4, 0.5) is 0 Å². The van der Waals surface area contributed by atoms with Gasteiger partial charge in [0.2, 0.25) is 0 Å². The Balaban J connectivity index is 1.67. The van der Waals surface area contributed by atoms with Crippen molar-refractivity contribution >= 4 is 0 Å². The van der Waals surface area contributed by atoms with Crippen LogP contribution in [0.15, 0.2) is 42.7 Å². The SMILES string of the molecule is CC(C)c1ccc([C@](O)(c2cncc(OC3CCC(O)CC3)c2)C2(C)CN(C)C2)cc1. The second-order valence-electron chi connectivity index (χ2n) is 10.2. The third kappa shape index (κ3) is 4.23. The average molecular weight is 425 g/mol. The zero-order valence-corrected chi connectivity index (χ0v) is 19.2. The van der Waals surface area contributed by atoms with E-state index in [1.54, 1.807) is 12.4 Å². The Kier molecular flexibility index (Phi) is 6.12. The predicted molar refractivity (Wildman–Crippen MR) is 122 cm³/mol. The summed E-state index contributed by atoms with van der Waals surface area (Å²) in [5, 5.41) is 22.1. The minimum Gasteiger partial charge on any atom is -0.489 e. The molecule has 0 bridgehead atoms. The van der Waals surface area contributed by atoms with Crippen LogP contribution in [0.5, 0.6) is 5.75 Å². The lowest BCUT2D eigenvalue weighted by atomic mass is 9.62. The van der Waals surface area contributed by atoms with Crippen LogP contribution < -0.4 is 4.74 Å². The lowest BCUT2D eigenvalue weighted by Gasteiger charge is -2.55. The molecule has 0 unspecified atom stereocenters. The summed E-state index contributed by atoms with van der Waals surface area (Å²) in [6.45, 7) is 8.12. The normalized spacial score (nSPS) is 25.6. The van der Waals surface area contributed by atoms with Crippen molar-refractivity contribution in [3.05, 3.63) is 59.4 Å². The van der Waals surface area contributed by atoms with E-state index in [4.69, 9.17) is 4.74 Å². The molecule has 31 heavy (non-hydrogen) atoms. The predicted octanol–water partition coefficient (Wildman–Crippen LogP) is 4.07. The Morgan fingerprint density at radius 3 is 2.29 bits per heavy atom. The van der Waals surface area contributed by atoms with Gasteiger partial charge in [0.25, 0.3) is 0 Å². The molecule has 0 amide bonds. The van der Waals surface area contributed by atoms with Crippen LogP contribution in [0.1, 0.15) is 69.1 Å². The Labute approximate surface area is 186 Å². The lowest BCUT2D eigenvalue weighted by Crippen LogP contribution is -2.63. The minimum atomic E-state index is -1.16. The number of hydrogen-bond acceptors (Lipinski definition) is 5. The lowest BCUT2D eigenvalue weighted by molar-refractivity contribution is -0.127. The van der Waals surface area contributed by atoms with Gasteiger partial charge in [0.15, 0.2) is 0 Å². The summed E-state index contributed by atoms with van der Waals surface area (Å²) >= 11 is 0. The molecule has 1 aliphatic heterocycles. The molecule has 5 nitrogen and oxygen atoms in total. The molecule has 2 fully saturated rings. The molecule has 1 saturated heterocycles. The Morgan fingerprint density at radius 2 is 1.71 bits per heavy atom. The first kappa shape index (κ1) is 22.3. The average Bonchev–Trinajstić information content (AvgIpc) is 2.74. The van der Waals surface area contributed by atoms with Crippen molar-refractivity contribution in [3.8, 4) is 5.75 Å². The van der Waals surface area contributed by atoms with E-state index in [2.05, 4.69) is 62.0 Å². The summed E-state index contributed by atoms with van der Waals surface area (Å²) in [5.41, 5.74) is 1.44. The van der Waals surface area contributed by atoms with E-state index >= 15 is 0 Å². The zero-order valence-electron chi connectivity index (χ0n) is 19.2. The summed E-state index contributed by atoms with van der Waals surface area (Å²) < 4.78 is 6.22. The second-order valence-corrected chi connectivity index (χ2v) is 10.2. The number of aromatic nitrogens is 1. The molecule has 1 atom stereocenters. The van der Waals surface area contributed by atoms with Crippen molar-refractivity contribution in [2.24, 2.45) is 5.41 Å². The van der Waals surface area contributed by atoms with Gasteiger partial charge in [0, 0.05) is 30.3 Å². The van der Waals surface area contributed by atoms with Crippen molar-refractivity contribution in [1.82, 2.24) is 9.88 Å². The number of rotatable bonds is 6. The van der Waals surface area contributed by atoms with Crippen molar-refractivity contribution in [1.29, 1.82) is 0 Å². The van der Waals surface area contributed by atoms with E-state index in [-0.39, 0.29) is 17.6 Å². The number of aliphatic hydroxyl groups is 2. The van der Waals surface area contributed by atoms with Gasteiger partial charge in [0.1, 0.15) is 11.4 Å². The van der Waals surface area contributed by atoms with Gasteiger partial charge in [0.05, 0.1) is 18.4 Å². The van der Waals surface area contributed by atoms with Crippen LogP contribution in [-0.4, -0.2) is 52.4 Å². The van der Waals surface area contributed by atoms with Gasteiger partial charge in [-0.1, -0.05) is 45.0 Å². The maximum Gasteiger partial charge on any atom is 0.138 e. The van der Waals surface area contributed by atoms with E-state index in [9.17, 15) is 10.2 Å². The van der Waals surface area contributed by atoms with E-state index in [0.29, 0.717) is 11.7 Å². The monoisotopic (exact) mass is 424 g/mol. The van der Waals surface area contributed by atoms with Crippen molar-refractivity contribution in [2.75, 3.05) is 20.1 Å². The van der Waals surface area contributed by atoms with Gasteiger partial charge >= 0.3 is 0 Å². The highest BCUT2D eigenvalue weighted by molar-refractivity contribution is 5.43. The molecular formula is C26H36N2O3. The summed E-state index contributed by atoms with van der Waals surface area (Å²) in [4.78, 5) is 6.68. The fraction of sp³-hybridized carbons (Fsp3) is 0.577. The Hall–Kier alpha value is -1.95. The summed E-state index contributed by atoms with van der Waals surface area (Å²) in [7, 11) is 2.08. The quantitative estimate of drug-likeness (QED) is 0.732. The molecule has 1 aliphatic carbocycles. The topological polar surface area (TPSA) is 65.8 Å². The van der Waals surface area contributed by atoms with Crippen LogP contribution in [0.25, 0.3) is 0 Å². The van der Waals surface area contributed by atoms with Crippen LogP contribution in [0, 0.1) is 5.41 Å². The third-order valence-electron chi connectivity index (χ3n) is 7.18. The molecule has 1 aromatic heterocycles. The first-order chi connectivity index (χ1) is 14.7. The van der Waals surface area contributed by atoms with Crippen LogP contribution in [-0.2, 0) is 5.60 Å². The van der Waals surface area contributed by atoms with E-state index in [1.807, 2.05) is 6.07 Å². The van der Waals surface area contributed by atoms with E-state index < -0.39 is 5.60 Å². The first-order valence-corrected chi connectivity index (χ1v) is 11.5. The molecule has 168 valence electrons. The first-order valence-electron chi connectivity index (χ1n) is 11.5. The second kappa shape index (κ2) is 8.53. The standard InChI is InChI=1S/C26H36N2O3/c1-18(2)19-5-7-20(8-6-19)26(30,25(3)16-28(4)17-25)21-13-24(15-27-14-21)31-23-11-9-22(29)10-12-23/h5-8,13-15,18,22-23,29-30H,9-12,16-17H2,1-4H3/t22?,23?,26-/m0/s1. The molecule has 1 saturated carbocycles. The third-order valence-corrected chi connectivity index (χ3v) is 7.18. The van der Waals surface area contributed by atoms with Gasteiger partial charge in [-0.25, -0.2) is 0 Å². The largest absolute Gasteiger partial charge is 0.489 e. The fourth-order valence-corrected chi connectivity index (χ4v) is 5.38. The number of pyridine rings is 1. The molecule has 4 rings (SSSR count). The summed E-state index contributed by atoms with van der Waals surface area (Å²) in [5.74, 6) is 1.13. The van der Waals surface area contributed by atoms with Crippen LogP contribution in [0.3, 0.4) is 0 Å². The number of hydrogen-bond donors (Lipinski definition) is 2. The smallest absolute Gasteiger partial charge is 0.138 e. The van der Waals surface area contributed by atoms with Gasteiger partial charge in [-0.05, 0) is 55.8 Å². The Bertz CT molecular complexity index is 884. The number of aliphatic hydroxyl groups excluding tert-OH is 1. The maximum absolute atomic E-state index is 12.3. The summed E-state index contributed by atoms with van der Waals surface area (Å²) in [6, 6.07) is 10.3. The number of benzene rings is 1. The maximum atomic E-state index is 12.3. The zero-order chi connectivity index (χ0) is 22.2. The molecule has 1 aromatic carbocycles. The number of likely N-dealkylation sites (tertiary alicyclic amines) is 1. The molecule has 2 N–H and O–H groups in total. The number of nitrogens with zero attached hydrogens (tertiary/aromatic N) is 2. The minimum absolute atomic E-state index is 0.0873. The molecular weight excluding hydrogens is 388 g/mol. The Morgan fingerprint density at radius 1 is 1.06 bits per heavy atom. The van der Waals surface area contributed by atoms with Gasteiger partial charge in [-0.3, -0.25) is 4.98 Å². The van der Waals surface area contributed by atoms with Crippen molar-refractivity contribution in [2.45, 2.75) is 70.2 Å². The van der Waals surface area contributed by atoms with Gasteiger partial charge in [-0.2, -0.15) is 0 Å². The molecule has 0 radical (unpaired) electrons. The van der Waals surface area contributed by atoms with Gasteiger partial charge in [-0.15, -0.1) is 0 Å².